The normalized spacial score (nSPS) is 10.5. The van der Waals surface area contributed by atoms with E-state index >= 15 is 0 Å². The summed E-state index contributed by atoms with van der Waals surface area (Å²) in [4.78, 5) is 11.3. The third-order valence-corrected chi connectivity index (χ3v) is 3.13. The Kier molecular flexibility index (Phi) is 11.5. The Balaban J connectivity index is 3.08. The molecule has 1 nitrogen and oxygen atoms in total. The number of rotatable bonds is 12. The van der Waals surface area contributed by atoms with E-state index in [-0.39, 0.29) is 5.78 Å². The summed E-state index contributed by atoms with van der Waals surface area (Å²) in [5.41, 5.74) is 0.704. The number of hydrogen-bond acceptors (Lipinski definition) is 1. The summed E-state index contributed by atoms with van der Waals surface area (Å²) in [5.74, 6) is 0.234. The molecule has 0 heterocycles. The summed E-state index contributed by atoms with van der Waals surface area (Å²) >= 11 is 0. The predicted molar refractivity (Wildman–Crippen MR) is 76.0 cm³/mol. The van der Waals surface area contributed by atoms with Gasteiger partial charge in [0.25, 0.3) is 0 Å². The summed E-state index contributed by atoms with van der Waals surface area (Å²) in [7, 11) is 0. The van der Waals surface area contributed by atoms with Crippen molar-refractivity contribution in [2.45, 2.75) is 77.6 Å². The summed E-state index contributed by atoms with van der Waals surface area (Å²) < 4.78 is 0. The molecule has 99 valence electrons. The van der Waals surface area contributed by atoms with Crippen molar-refractivity contribution in [1.82, 2.24) is 0 Å². The Bertz CT molecular complexity index is 206. The fourth-order valence-electron chi connectivity index (χ4n) is 1.91. The molecule has 0 aliphatic heterocycles. The van der Waals surface area contributed by atoms with E-state index in [0.29, 0.717) is 12.0 Å². The fourth-order valence-corrected chi connectivity index (χ4v) is 1.91. The molecule has 17 heavy (non-hydrogen) atoms. The summed E-state index contributed by atoms with van der Waals surface area (Å²) in [5, 5.41) is 0. The molecule has 0 spiro atoms. The van der Waals surface area contributed by atoms with Crippen molar-refractivity contribution in [3.05, 3.63) is 19.1 Å². The molecular formula is C16H29O. The molecule has 0 aliphatic rings. The highest BCUT2D eigenvalue weighted by atomic mass is 16.1. The minimum Gasteiger partial charge on any atom is -0.295 e. The van der Waals surface area contributed by atoms with Crippen LogP contribution in [0.25, 0.3) is 0 Å². The lowest BCUT2D eigenvalue weighted by molar-refractivity contribution is -0.115. The van der Waals surface area contributed by atoms with Crippen LogP contribution in [0, 0.1) is 6.92 Å². The molecule has 0 N–H and O–H groups in total. The van der Waals surface area contributed by atoms with Gasteiger partial charge in [0.1, 0.15) is 0 Å². The quantitative estimate of drug-likeness (QED) is 0.334. The van der Waals surface area contributed by atoms with Gasteiger partial charge >= 0.3 is 0 Å². The van der Waals surface area contributed by atoms with Gasteiger partial charge in [-0.3, -0.25) is 4.79 Å². The van der Waals surface area contributed by atoms with Crippen LogP contribution < -0.4 is 0 Å². The number of unbranched alkanes of at least 4 members (excludes halogenated alkanes) is 9. The second kappa shape index (κ2) is 11.9. The molecule has 0 unspecified atom stereocenters. The summed E-state index contributed by atoms with van der Waals surface area (Å²) in [6, 6.07) is 0. The number of ketones is 1. The van der Waals surface area contributed by atoms with E-state index in [1.54, 1.807) is 6.92 Å². The molecule has 1 radical (unpaired) electrons. The van der Waals surface area contributed by atoms with Crippen molar-refractivity contribution >= 4 is 5.78 Å². The molecular weight excluding hydrogens is 208 g/mol. The first-order chi connectivity index (χ1) is 8.18. The highest BCUT2D eigenvalue weighted by Crippen LogP contribution is 2.11. The Labute approximate surface area is 108 Å². The first-order valence-corrected chi connectivity index (χ1v) is 7.16. The van der Waals surface area contributed by atoms with Crippen LogP contribution in [0.4, 0.5) is 0 Å². The number of hydrogen-bond donors (Lipinski definition) is 0. The lowest BCUT2D eigenvalue weighted by Gasteiger charge is -2.02. The molecule has 0 aromatic heterocycles. The lowest BCUT2D eigenvalue weighted by Crippen LogP contribution is -1.97. The van der Waals surface area contributed by atoms with Gasteiger partial charge in [0.2, 0.25) is 0 Å². The van der Waals surface area contributed by atoms with Crippen molar-refractivity contribution in [1.29, 1.82) is 0 Å². The van der Waals surface area contributed by atoms with Gasteiger partial charge in [0.15, 0.2) is 5.78 Å². The number of carbonyl (C=O) groups is 1. The van der Waals surface area contributed by atoms with Crippen LogP contribution in [-0.4, -0.2) is 5.78 Å². The molecule has 0 fully saturated rings. The van der Waals surface area contributed by atoms with E-state index in [0.717, 1.165) is 12.8 Å². The Morgan fingerprint density at radius 2 is 1.24 bits per heavy atom. The molecule has 0 saturated carbocycles. The van der Waals surface area contributed by atoms with Crippen LogP contribution in [0.2, 0.25) is 0 Å². The minimum absolute atomic E-state index is 0.234. The van der Waals surface area contributed by atoms with Crippen LogP contribution in [0.3, 0.4) is 0 Å². The van der Waals surface area contributed by atoms with Gasteiger partial charge in [-0.25, -0.2) is 0 Å². The third-order valence-electron chi connectivity index (χ3n) is 3.13. The van der Waals surface area contributed by atoms with Gasteiger partial charge in [0.05, 0.1) is 0 Å². The summed E-state index contributed by atoms with van der Waals surface area (Å²) in [6.45, 7) is 9.31. The maximum absolute atomic E-state index is 11.3. The molecule has 0 rings (SSSR count). The van der Waals surface area contributed by atoms with Crippen molar-refractivity contribution in [2.75, 3.05) is 0 Å². The zero-order valence-corrected chi connectivity index (χ0v) is 11.6. The van der Waals surface area contributed by atoms with Crippen molar-refractivity contribution < 1.29 is 4.79 Å². The van der Waals surface area contributed by atoms with Crippen LogP contribution in [0.1, 0.15) is 77.6 Å². The molecule has 0 aliphatic carbocycles. The first kappa shape index (κ1) is 16.4. The Hall–Kier alpha value is -0.590. The van der Waals surface area contributed by atoms with E-state index in [4.69, 9.17) is 0 Å². The largest absolute Gasteiger partial charge is 0.295 e. The average molecular weight is 237 g/mol. The minimum atomic E-state index is 0.234. The van der Waals surface area contributed by atoms with Gasteiger partial charge in [0, 0.05) is 6.42 Å². The van der Waals surface area contributed by atoms with Crippen LogP contribution in [-0.2, 0) is 4.79 Å². The zero-order valence-electron chi connectivity index (χ0n) is 11.6. The Morgan fingerprint density at radius 1 is 0.824 bits per heavy atom. The smallest absolute Gasteiger partial charge is 0.157 e. The lowest BCUT2D eigenvalue weighted by atomic mass is 10.0. The monoisotopic (exact) mass is 237 g/mol. The highest BCUT2D eigenvalue weighted by molar-refractivity contribution is 5.93. The summed E-state index contributed by atoms with van der Waals surface area (Å²) in [6.07, 6.45) is 13.3. The molecule has 0 aromatic rings. The van der Waals surface area contributed by atoms with Gasteiger partial charge in [-0.1, -0.05) is 71.3 Å². The zero-order chi connectivity index (χ0) is 12.9. The molecule has 0 amide bonds. The number of allylic oxidation sites excluding steroid dienone is 1. The second-order valence-corrected chi connectivity index (χ2v) is 4.99. The fraction of sp³-hybridized carbons (Fsp3) is 0.750. The number of carbonyl (C=O) groups excluding carboxylic acids is 1. The molecule has 0 atom stereocenters. The maximum atomic E-state index is 11.3. The van der Waals surface area contributed by atoms with Gasteiger partial charge < -0.3 is 0 Å². The average Bonchev–Trinajstić information content (AvgIpc) is 2.31. The standard InChI is InChI=1S/C16H29O/c1-4-5-6-7-8-9-10-11-12-13-14-16(17)15(2)3/h1-2,4-14H2,3H3. The van der Waals surface area contributed by atoms with E-state index < -0.39 is 0 Å². The molecule has 1 heteroatoms. The van der Waals surface area contributed by atoms with Gasteiger partial charge in [-0.2, -0.15) is 0 Å². The molecule has 0 bridgehead atoms. The van der Waals surface area contributed by atoms with E-state index in [2.05, 4.69) is 13.5 Å². The topological polar surface area (TPSA) is 17.1 Å². The van der Waals surface area contributed by atoms with Gasteiger partial charge in [-0.05, 0) is 18.9 Å². The van der Waals surface area contributed by atoms with Crippen LogP contribution >= 0.6 is 0 Å². The van der Waals surface area contributed by atoms with E-state index in [9.17, 15) is 4.79 Å². The molecule has 0 saturated heterocycles. The van der Waals surface area contributed by atoms with Crippen molar-refractivity contribution in [3.63, 3.8) is 0 Å². The van der Waals surface area contributed by atoms with E-state index in [1.807, 2.05) is 0 Å². The second-order valence-electron chi connectivity index (χ2n) is 4.99. The van der Waals surface area contributed by atoms with E-state index in [1.165, 1.54) is 51.4 Å². The van der Waals surface area contributed by atoms with Gasteiger partial charge in [-0.15, -0.1) is 0 Å². The van der Waals surface area contributed by atoms with Crippen LogP contribution in [0.5, 0.6) is 0 Å². The predicted octanol–water partition coefficient (Wildman–Crippen LogP) is 5.26. The van der Waals surface area contributed by atoms with Crippen molar-refractivity contribution in [3.8, 4) is 0 Å². The first-order valence-electron chi connectivity index (χ1n) is 7.16. The van der Waals surface area contributed by atoms with Crippen molar-refractivity contribution in [2.24, 2.45) is 0 Å². The maximum Gasteiger partial charge on any atom is 0.157 e. The number of Topliss-reactive ketones (excluding diaryl/α,β-unsaturated/α-hetero) is 1. The van der Waals surface area contributed by atoms with Crippen LogP contribution in [0.15, 0.2) is 12.2 Å². The highest BCUT2D eigenvalue weighted by Gasteiger charge is 2.01. The Morgan fingerprint density at radius 3 is 1.65 bits per heavy atom. The molecule has 0 aromatic carbocycles. The SMILES string of the molecule is [CH2]CCCCCCCCCCCC(=O)C(=C)C. The third kappa shape index (κ3) is 11.7.